The summed E-state index contributed by atoms with van der Waals surface area (Å²) in [4.78, 5) is 11.0. The molecule has 0 aliphatic rings. The molecule has 1 rings (SSSR count). The normalized spacial score (nSPS) is 10.5. The number of hydrogen-bond donors (Lipinski definition) is 2. The van der Waals surface area contributed by atoms with E-state index >= 15 is 0 Å². The number of aromatic carboxylic acids is 1. The minimum absolute atomic E-state index is 0.121. The average molecular weight is 237 g/mol. The predicted octanol–water partition coefficient (Wildman–Crippen LogP) is 2.78. The van der Waals surface area contributed by atoms with E-state index in [0.29, 0.717) is 18.2 Å². The third kappa shape index (κ3) is 3.37. The highest BCUT2D eigenvalue weighted by Crippen LogP contribution is 2.27. The van der Waals surface area contributed by atoms with Crippen LogP contribution in [0.15, 0.2) is 18.2 Å². The van der Waals surface area contributed by atoms with Crippen molar-refractivity contribution in [2.24, 2.45) is 5.92 Å². The molecule has 0 atom stereocenters. The largest absolute Gasteiger partial charge is 0.490 e. The first kappa shape index (κ1) is 13.4. The van der Waals surface area contributed by atoms with Gasteiger partial charge in [0.05, 0.1) is 12.3 Å². The van der Waals surface area contributed by atoms with Gasteiger partial charge in [0.2, 0.25) is 0 Å². The molecule has 0 spiro atoms. The Hall–Kier alpha value is -1.71. The van der Waals surface area contributed by atoms with Gasteiger partial charge in [-0.25, -0.2) is 4.79 Å². The molecule has 0 saturated heterocycles. The van der Waals surface area contributed by atoms with Crippen molar-refractivity contribution >= 4 is 11.7 Å². The SMILES string of the molecule is CCC(CC)COc1c(N)cccc1C(=O)O. The molecule has 4 nitrogen and oxygen atoms in total. The Labute approximate surface area is 101 Å². The number of anilines is 1. The van der Waals surface area contributed by atoms with Gasteiger partial charge in [0.25, 0.3) is 0 Å². The number of carboxylic acid groups (broad SMARTS) is 1. The third-order valence-corrected chi connectivity index (χ3v) is 2.89. The van der Waals surface area contributed by atoms with Crippen molar-refractivity contribution in [1.29, 1.82) is 0 Å². The standard InChI is InChI=1S/C13H19NO3/c1-3-9(4-2)8-17-12-10(13(15)16)6-5-7-11(12)14/h5-7,9H,3-4,8,14H2,1-2H3,(H,15,16). The summed E-state index contributed by atoms with van der Waals surface area (Å²) >= 11 is 0. The van der Waals surface area contributed by atoms with E-state index in [9.17, 15) is 4.79 Å². The predicted molar refractivity (Wildman–Crippen MR) is 67.4 cm³/mol. The van der Waals surface area contributed by atoms with E-state index in [1.54, 1.807) is 12.1 Å². The van der Waals surface area contributed by atoms with Crippen LogP contribution >= 0.6 is 0 Å². The summed E-state index contributed by atoms with van der Waals surface area (Å²) in [6.45, 7) is 4.68. The minimum atomic E-state index is -1.02. The fourth-order valence-corrected chi connectivity index (χ4v) is 1.61. The lowest BCUT2D eigenvalue weighted by Gasteiger charge is -2.16. The molecule has 17 heavy (non-hydrogen) atoms. The summed E-state index contributed by atoms with van der Waals surface area (Å²) in [5.41, 5.74) is 6.23. The first-order chi connectivity index (χ1) is 8.10. The topological polar surface area (TPSA) is 72.5 Å². The van der Waals surface area contributed by atoms with Gasteiger partial charge in [-0.15, -0.1) is 0 Å². The molecular weight excluding hydrogens is 218 g/mol. The summed E-state index contributed by atoms with van der Waals surface area (Å²) in [7, 11) is 0. The molecule has 0 radical (unpaired) electrons. The van der Waals surface area contributed by atoms with Crippen LogP contribution in [0.5, 0.6) is 5.75 Å². The molecule has 4 heteroatoms. The van der Waals surface area contributed by atoms with E-state index in [1.165, 1.54) is 6.07 Å². The minimum Gasteiger partial charge on any atom is -0.490 e. The number of para-hydroxylation sites is 1. The lowest BCUT2D eigenvalue weighted by atomic mass is 10.1. The summed E-state index contributed by atoms with van der Waals surface area (Å²) in [6.07, 6.45) is 2.01. The zero-order valence-electron chi connectivity index (χ0n) is 10.3. The van der Waals surface area contributed by atoms with E-state index in [0.717, 1.165) is 12.8 Å². The summed E-state index contributed by atoms with van der Waals surface area (Å²) in [5, 5.41) is 9.03. The van der Waals surface area contributed by atoms with Crippen LogP contribution in [0.2, 0.25) is 0 Å². The van der Waals surface area contributed by atoms with Crippen molar-refractivity contribution in [3.05, 3.63) is 23.8 Å². The lowest BCUT2D eigenvalue weighted by Crippen LogP contribution is -2.13. The van der Waals surface area contributed by atoms with Gasteiger partial charge in [0.15, 0.2) is 5.75 Å². The molecule has 0 aliphatic carbocycles. The van der Waals surface area contributed by atoms with E-state index in [4.69, 9.17) is 15.6 Å². The molecule has 0 aliphatic heterocycles. The summed E-state index contributed by atoms with van der Waals surface area (Å²) < 4.78 is 5.57. The zero-order chi connectivity index (χ0) is 12.8. The number of carboxylic acids is 1. The summed E-state index contributed by atoms with van der Waals surface area (Å²) in [5.74, 6) is -0.306. The number of benzene rings is 1. The van der Waals surface area contributed by atoms with Crippen molar-refractivity contribution in [3.8, 4) is 5.75 Å². The second kappa shape index (κ2) is 6.13. The van der Waals surface area contributed by atoms with E-state index < -0.39 is 5.97 Å². The Bertz CT molecular complexity index is 386. The smallest absolute Gasteiger partial charge is 0.339 e. The molecule has 0 aromatic heterocycles. The molecule has 3 N–H and O–H groups in total. The van der Waals surface area contributed by atoms with Gasteiger partial charge >= 0.3 is 5.97 Å². The molecule has 1 aromatic carbocycles. The van der Waals surface area contributed by atoms with Crippen LogP contribution in [0, 0.1) is 5.92 Å². The number of ether oxygens (including phenoxy) is 1. The van der Waals surface area contributed by atoms with Crippen molar-refractivity contribution in [1.82, 2.24) is 0 Å². The molecule has 0 bridgehead atoms. The van der Waals surface area contributed by atoms with Gasteiger partial charge in [-0.3, -0.25) is 0 Å². The second-order valence-corrected chi connectivity index (χ2v) is 4.02. The van der Waals surface area contributed by atoms with Crippen molar-refractivity contribution in [2.45, 2.75) is 26.7 Å². The third-order valence-electron chi connectivity index (χ3n) is 2.89. The van der Waals surface area contributed by atoms with E-state index in [-0.39, 0.29) is 11.3 Å². The molecule has 0 unspecified atom stereocenters. The molecule has 0 heterocycles. The second-order valence-electron chi connectivity index (χ2n) is 4.02. The van der Waals surface area contributed by atoms with Crippen molar-refractivity contribution in [3.63, 3.8) is 0 Å². The molecular formula is C13H19NO3. The maximum Gasteiger partial charge on any atom is 0.339 e. The zero-order valence-corrected chi connectivity index (χ0v) is 10.3. The van der Waals surface area contributed by atoms with Crippen LogP contribution in [0.3, 0.4) is 0 Å². The van der Waals surface area contributed by atoms with Crippen LogP contribution in [-0.4, -0.2) is 17.7 Å². The van der Waals surface area contributed by atoms with Gasteiger partial charge < -0.3 is 15.6 Å². The Morgan fingerprint density at radius 1 is 1.41 bits per heavy atom. The number of rotatable bonds is 6. The fraction of sp³-hybridized carbons (Fsp3) is 0.462. The Morgan fingerprint density at radius 3 is 2.59 bits per heavy atom. The van der Waals surface area contributed by atoms with Crippen LogP contribution in [0.25, 0.3) is 0 Å². The van der Waals surface area contributed by atoms with E-state index in [1.807, 2.05) is 0 Å². The summed E-state index contributed by atoms with van der Waals surface area (Å²) in [6, 6.07) is 4.76. The highest BCUT2D eigenvalue weighted by atomic mass is 16.5. The first-order valence-corrected chi connectivity index (χ1v) is 5.84. The Balaban J connectivity index is 2.85. The van der Waals surface area contributed by atoms with Crippen LogP contribution in [0.1, 0.15) is 37.0 Å². The molecule has 0 saturated carbocycles. The lowest BCUT2D eigenvalue weighted by molar-refractivity contribution is 0.0691. The van der Waals surface area contributed by atoms with Gasteiger partial charge in [-0.1, -0.05) is 32.8 Å². The van der Waals surface area contributed by atoms with E-state index in [2.05, 4.69) is 13.8 Å². The highest BCUT2D eigenvalue weighted by molar-refractivity contribution is 5.93. The van der Waals surface area contributed by atoms with Crippen LogP contribution in [-0.2, 0) is 0 Å². The molecule has 0 amide bonds. The monoisotopic (exact) mass is 237 g/mol. The maximum atomic E-state index is 11.0. The van der Waals surface area contributed by atoms with Crippen LogP contribution < -0.4 is 10.5 Å². The Kier molecular flexibility index (Phi) is 4.82. The molecule has 1 aromatic rings. The fourth-order valence-electron chi connectivity index (χ4n) is 1.61. The maximum absolute atomic E-state index is 11.0. The van der Waals surface area contributed by atoms with Gasteiger partial charge in [0, 0.05) is 0 Å². The first-order valence-electron chi connectivity index (χ1n) is 5.84. The number of carbonyl (C=O) groups is 1. The van der Waals surface area contributed by atoms with Gasteiger partial charge in [-0.05, 0) is 18.1 Å². The van der Waals surface area contributed by atoms with Gasteiger partial charge in [0.1, 0.15) is 5.56 Å². The quantitative estimate of drug-likeness (QED) is 0.746. The number of hydrogen-bond acceptors (Lipinski definition) is 3. The Morgan fingerprint density at radius 2 is 2.06 bits per heavy atom. The number of nitrogens with two attached hydrogens (primary N) is 1. The van der Waals surface area contributed by atoms with Gasteiger partial charge in [-0.2, -0.15) is 0 Å². The molecule has 94 valence electrons. The average Bonchev–Trinajstić information content (AvgIpc) is 2.31. The highest BCUT2D eigenvalue weighted by Gasteiger charge is 2.15. The van der Waals surface area contributed by atoms with Crippen LogP contribution in [0.4, 0.5) is 5.69 Å². The molecule has 0 fully saturated rings. The van der Waals surface area contributed by atoms with Crippen molar-refractivity contribution < 1.29 is 14.6 Å². The van der Waals surface area contributed by atoms with Crippen molar-refractivity contribution in [2.75, 3.05) is 12.3 Å². The number of nitrogen functional groups attached to an aromatic ring is 1.